The number of imidazole rings is 1. The number of rotatable bonds is 0. The van der Waals surface area contributed by atoms with E-state index in [1.807, 2.05) is 6.07 Å². The molecule has 2 aromatic heterocycles. The zero-order chi connectivity index (χ0) is 8.55. The predicted molar refractivity (Wildman–Crippen MR) is 48.5 cm³/mol. The molecule has 2 radical (unpaired) electrons. The van der Waals surface area contributed by atoms with Crippen molar-refractivity contribution in [2.24, 2.45) is 0 Å². The highest BCUT2D eigenvalue weighted by molar-refractivity contribution is 6.32. The molecule has 0 saturated heterocycles. The summed E-state index contributed by atoms with van der Waals surface area (Å²) >= 11 is 0. The smallest absolute Gasteiger partial charge is 0.137 e. The molecule has 0 N–H and O–H groups in total. The number of pyridine rings is 1. The molecule has 0 bridgehead atoms. The molecule has 2 aromatic rings. The summed E-state index contributed by atoms with van der Waals surface area (Å²) in [6.45, 7) is 0. The van der Waals surface area contributed by atoms with Crippen molar-refractivity contribution in [2.45, 2.75) is 0 Å². The maximum Gasteiger partial charge on any atom is 0.137 e. The highest BCUT2D eigenvalue weighted by Gasteiger charge is 1.98. The van der Waals surface area contributed by atoms with Gasteiger partial charge in [0.05, 0.1) is 6.20 Å². The lowest BCUT2D eigenvalue weighted by Crippen LogP contribution is -2.04. The van der Waals surface area contributed by atoms with Crippen LogP contribution >= 0.6 is 0 Å². The van der Waals surface area contributed by atoms with E-state index in [0.29, 0.717) is 5.46 Å². The number of hydrogen-bond donors (Lipinski definition) is 0. The Bertz CT molecular complexity index is 465. The second-order valence-corrected chi connectivity index (χ2v) is 2.48. The van der Waals surface area contributed by atoms with E-state index in [2.05, 4.69) is 10.9 Å². The van der Waals surface area contributed by atoms with Gasteiger partial charge >= 0.3 is 0 Å². The van der Waals surface area contributed by atoms with Gasteiger partial charge in [0.1, 0.15) is 19.2 Å². The van der Waals surface area contributed by atoms with Crippen LogP contribution in [0.3, 0.4) is 0 Å². The molecule has 0 amide bonds. The summed E-state index contributed by atoms with van der Waals surface area (Å²) in [6, 6.07) is 3.62. The number of aromatic nitrogens is 2. The molecule has 12 heavy (non-hydrogen) atoms. The van der Waals surface area contributed by atoms with Gasteiger partial charge < -0.3 is 0 Å². The van der Waals surface area contributed by atoms with Gasteiger partial charge in [0.25, 0.3) is 0 Å². The van der Waals surface area contributed by atoms with Crippen LogP contribution in [0.4, 0.5) is 0 Å². The molecule has 0 aliphatic rings. The quantitative estimate of drug-likeness (QED) is 0.386. The van der Waals surface area contributed by atoms with Gasteiger partial charge in [0, 0.05) is 6.20 Å². The minimum atomic E-state index is 0.678. The van der Waals surface area contributed by atoms with Gasteiger partial charge in [0.15, 0.2) is 0 Å². The minimum Gasteiger partial charge on any atom is -0.294 e. The van der Waals surface area contributed by atoms with Crippen molar-refractivity contribution in [2.75, 3.05) is 0 Å². The first-order valence-corrected chi connectivity index (χ1v) is 3.50. The lowest BCUT2D eigenvalue weighted by Gasteiger charge is -1.96. The zero-order valence-electron chi connectivity index (χ0n) is 6.36. The summed E-state index contributed by atoms with van der Waals surface area (Å²) in [7, 11) is 5.59. The Balaban J connectivity index is 2.86. The third kappa shape index (κ3) is 0.893. The fraction of sp³-hybridized carbons (Fsp3) is 0. The van der Waals surface area contributed by atoms with Crippen LogP contribution in [0.1, 0.15) is 5.69 Å². The van der Waals surface area contributed by atoms with Gasteiger partial charge in [-0.15, -0.1) is 6.42 Å². The first-order chi connectivity index (χ1) is 5.81. The van der Waals surface area contributed by atoms with Crippen molar-refractivity contribution in [1.29, 1.82) is 0 Å². The molecule has 0 fully saturated rings. The molecular weight excluding hydrogens is 147 g/mol. The molecule has 3 heteroatoms. The highest BCUT2D eigenvalue weighted by atomic mass is 15.0. The Morgan fingerprint density at radius 2 is 2.33 bits per heavy atom. The van der Waals surface area contributed by atoms with E-state index in [0.717, 1.165) is 11.3 Å². The topological polar surface area (TPSA) is 17.3 Å². The summed E-state index contributed by atoms with van der Waals surface area (Å²) in [6.07, 6.45) is 8.67. The molecule has 54 valence electrons. The standard InChI is InChI=1S/C9H5BN2/c1-2-8-5-11-9-4-3-7(10)6-12(8)9/h1,3-6H. The molecule has 2 rings (SSSR count). The summed E-state index contributed by atoms with van der Waals surface area (Å²) in [5.41, 5.74) is 2.21. The second kappa shape index (κ2) is 2.42. The predicted octanol–water partition coefficient (Wildman–Crippen LogP) is 0.109. The largest absolute Gasteiger partial charge is 0.294 e. The summed E-state index contributed by atoms with van der Waals surface area (Å²) in [5, 5.41) is 0. The number of terminal acetylenes is 1. The summed E-state index contributed by atoms with van der Waals surface area (Å²) in [5.74, 6) is 2.52. The van der Waals surface area contributed by atoms with E-state index in [1.54, 1.807) is 22.9 Å². The molecule has 2 heterocycles. The van der Waals surface area contributed by atoms with Crippen molar-refractivity contribution in [3.63, 3.8) is 0 Å². The lowest BCUT2D eigenvalue weighted by atomic mass is 9.99. The summed E-state index contributed by atoms with van der Waals surface area (Å²) < 4.78 is 1.79. The Morgan fingerprint density at radius 1 is 1.50 bits per heavy atom. The molecule has 0 atom stereocenters. The Labute approximate surface area is 71.7 Å². The molecule has 0 spiro atoms. The first kappa shape index (κ1) is 6.99. The average Bonchev–Trinajstić information content (AvgIpc) is 2.46. The molecule has 0 unspecified atom stereocenters. The van der Waals surface area contributed by atoms with Crippen LogP contribution < -0.4 is 5.46 Å². The van der Waals surface area contributed by atoms with Crippen molar-refractivity contribution in [3.05, 3.63) is 30.2 Å². The average molecular weight is 152 g/mol. The van der Waals surface area contributed by atoms with E-state index in [1.165, 1.54) is 0 Å². The van der Waals surface area contributed by atoms with Gasteiger partial charge in [0.2, 0.25) is 0 Å². The maximum absolute atomic E-state index is 5.59. The van der Waals surface area contributed by atoms with Crippen LogP contribution in [0, 0.1) is 12.3 Å². The molecular formula is C9H5BN2. The van der Waals surface area contributed by atoms with Gasteiger partial charge in [-0.2, -0.15) is 0 Å². The monoisotopic (exact) mass is 152 g/mol. The van der Waals surface area contributed by atoms with Gasteiger partial charge in [-0.25, -0.2) is 4.98 Å². The highest BCUT2D eigenvalue weighted by Crippen LogP contribution is 2.02. The van der Waals surface area contributed by atoms with Crippen LogP contribution in [-0.4, -0.2) is 17.2 Å². The normalized spacial score (nSPS) is 9.92. The third-order valence-corrected chi connectivity index (χ3v) is 1.68. The molecule has 0 aromatic carbocycles. The molecule has 0 aliphatic heterocycles. The maximum atomic E-state index is 5.59. The van der Waals surface area contributed by atoms with E-state index in [-0.39, 0.29) is 0 Å². The van der Waals surface area contributed by atoms with Gasteiger partial charge in [-0.1, -0.05) is 17.4 Å². The lowest BCUT2D eigenvalue weighted by molar-refractivity contribution is 1.17. The van der Waals surface area contributed by atoms with Crippen molar-refractivity contribution in [3.8, 4) is 12.3 Å². The van der Waals surface area contributed by atoms with Crippen molar-refractivity contribution < 1.29 is 0 Å². The van der Waals surface area contributed by atoms with E-state index >= 15 is 0 Å². The Morgan fingerprint density at radius 3 is 3.08 bits per heavy atom. The van der Waals surface area contributed by atoms with Crippen LogP contribution in [-0.2, 0) is 0 Å². The van der Waals surface area contributed by atoms with Crippen molar-refractivity contribution in [1.82, 2.24) is 9.38 Å². The Kier molecular flexibility index (Phi) is 1.41. The zero-order valence-corrected chi connectivity index (χ0v) is 6.36. The fourth-order valence-electron chi connectivity index (χ4n) is 1.10. The van der Waals surface area contributed by atoms with Crippen LogP contribution in [0.25, 0.3) is 5.65 Å². The minimum absolute atomic E-state index is 0.678. The molecule has 0 aliphatic carbocycles. The van der Waals surface area contributed by atoms with Gasteiger partial charge in [-0.05, 0) is 6.07 Å². The number of nitrogens with zero attached hydrogens (tertiary/aromatic N) is 2. The van der Waals surface area contributed by atoms with E-state index in [4.69, 9.17) is 14.3 Å². The van der Waals surface area contributed by atoms with E-state index in [9.17, 15) is 0 Å². The fourth-order valence-corrected chi connectivity index (χ4v) is 1.10. The SMILES string of the molecule is [B]c1ccc2ncc(C#C)n2c1. The Hall–Kier alpha value is -1.69. The van der Waals surface area contributed by atoms with Gasteiger partial charge in [-0.3, -0.25) is 4.40 Å². The third-order valence-electron chi connectivity index (χ3n) is 1.68. The summed E-state index contributed by atoms with van der Waals surface area (Å²) in [4.78, 5) is 4.10. The van der Waals surface area contributed by atoms with Crippen LogP contribution in [0.2, 0.25) is 0 Å². The first-order valence-electron chi connectivity index (χ1n) is 3.50. The molecule has 2 nitrogen and oxygen atoms in total. The number of hydrogen-bond acceptors (Lipinski definition) is 1. The second-order valence-electron chi connectivity index (χ2n) is 2.48. The van der Waals surface area contributed by atoms with E-state index < -0.39 is 0 Å². The molecule has 0 saturated carbocycles. The number of fused-ring (bicyclic) bond motifs is 1. The van der Waals surface area contributed by atoms with Crippen molar-refractivity contribution >= 4 is 19.0 Å². The van der Waals surface area contributed by atoms with Crippen LogP contribution in [0.15, 0.2) is 24.5 Å². The van der Waals surface area contributed by atoms with Crippen LogP contribution in [0.5, 0.6) is 0 Å².